The Hall–Kier alpha value is -0.183. The van der Waals surface area contributed by atoms with E-state index in [2.05, 4.69) is 27.7 Å². The van der Waals surface area contributed by atoms with Gasteiger partial charge in [-0.1, -0.05) is 71.1 Å². The zero-order chi connectivity index (χ0) is 26.0. The van der Waals surface area contributed by atoms with Crippen LogP contribution in [0.3, 0.4) is 0 Å². The van der Waals surface area contributed by atoms with Crippen LogP contribution in [0.4, 0.5) is 0 Å². The molecule has 0 saturated carbocycles. The fourth-order valence-corrected chi connectivity index (χ4v) is 3.82. The molecule has 1 aromatic rings. The van der Waals surface area contributed by atoms with Gasteiger partial charge in [-0.2, -0.15) is 0 Å². The molecular formula is C23H43ClLiNO7S. The summed E-state index contributed by atoms with van der Waals surface area (Å²) in [5, 5.41) is 0. The number of rotatable bonds is 13. The number of unbranched alkanes of at least 4 members (excludes halogenated alkanes) is 4. The average molecular weight is 520 g/mol. The minimum Gasteiger partial charge on any atom is -0.744 e. The van der Waals surface area contributed by atoms with E-state index in [4.69, 9.17) is 18.6 Å². The summed E-state index contributed by atoms with van der Waals surface area (Å²) in [4.78, 5) is -0.178. The molecule has 0 aromatic heterocycles. The van der Waals surface area contributed by atoms with Crippen molar-refractivity contribution in [1.82, 2.24) is 0 Å². The van der Waals surface area contributed by atoms with E-state index in [1.54, 1.807) is 12.1 Å². The van der Waals surface area contributed by atoms with Gasteiger partial charge in [0.05, 0.1) is 31.1 Å². The predicted molar refractivity (Wildman–Crippen MR) is 119 cm³/mol. The van der Waals surface area contributed by atoms with Crippen molar-refractivity contribution in [2.75, 3.05) is 26.2 Å². The van der Waals surface area contributed by atoms with E-state index in [1.165, 1.54) is 94.2 Å². The molecule has 34 heavy (non-hydrogen) atoms. The molecular weight excluding hydrogens is 477 g/mol. The van der Waals surface area contributed by atoms with Crippen LogP contribution < -0.4 is 37.5 Å². The Labute approximate surface area is 221 Å². The number of nitrogens with zero attached hydrogens (tertiary/aromatic N) is 1. The molecule has 0 amide bonds. The van der Waals surface area contributed by atoms with E-state index < -0.39 is 20.4 Å². The molecule has 196 valence electrons. The fourth-order valence-electron chi connectivity index (χ4n) is 3.35. The SMILES string of the molecule is CCCC[N+](CCCC)(CCCC)CCCC.Cc1ccc(S(=O)(=O)[O-])cc1.[Li+].[O-][Cl+3]([O-])([O-])[O-]. The van der Waals surface area contributed by atoms with Crippen LogP contribution in [0.5, 0.6) is 0 Å². The summed E-state index contributed by atoms with van der Waals surface area (Å²) in [6, 6.07) is 5.78. The largest absolute Gasteiger partial charge is 1.00 e. The van der Waals surface area contributed by atoms with E-state index in [-0.39, 0.29) is 23.8 Å². The molecule has 0 spiro atoms. The number of hydrogen-bond donors (Lipinski definition) is 0. The summed E-state index contributed by atoms with van der Waals surface area (Å²) in [5.74, 6) is 0. The van der Waals surface area contributed by atoms with Gasteiger partial charge in [0.1, 0.15) is 10.1 Å². The van der Waals surface area contributed by atoms with Crippen LogP contribution in [0.25, 0.3) is 0 Å². The van der Waals surface area contributed by atoms with Crippen molar-refractivity contribution in [1.29, 1.82) is 0 Å². The molecule has 0 N–H and O–H groups in total. The summed E-state index contributed by atoms with van der Waals surface area (Å²) in [5.41, 5.74) is 0.928. The van der Waals surface area contributed by atoms with Crippen LogP contribution in [0.15, 0.2) is 29.2 Å². The molecule has 0 aliphatic rings. The molecule has 0 fully saturated rings. The normalized spacial score (nSPS) is 11.5. The van der Waals surface area contributed by atoms with Gasteiger partial charge in [0, 0.05) is 0 Å². The monoisotopic (exact) mass is 519 g/mol. The van der Waals surface area contributed by atoms with Gasteiger partial charge in [-0.15, -0.1) is 10.2 Å². The van der Waals surface area contributed by atoms with Gasteiger partial charge in [-0.3, -0.25) is 0 Å². The average Bonchev–Trinajstić information content (AvgIpc) is 2.72. The van der Waals surface area contributed by atoms with Crippen LogP contribution in [-0.4, -0.2) is 43.6 Å². The molecule has 0 atom stereocenters. The molecule has 0 saturated heterocycles. The van der Waals surface area contributed by atoms with Gasteiger partial charge in [-0.05, 0) is 44.7 Å². The predicted octanol–water partition coefficient (Wildman–Crippen LogP) is -1.85. The third-order valence-corrected chi connectivity index (χ3v) is 6.10. The van der Waals surface area contributed by atoms with Gasteiger partial charge >= 0.3 is 18.9 Å². The Morgan fingerprint density at radius 2 is 0.971 bits per heavy atom. The number of benzene rings is 1. The van der Waals surface area contributed by atoms with Crippen LogP contribution in [-0.2, 0) is 10.1 Å². The van der Waals surface area contributed by atoms with Crippen LogP contribution in [0, 0.1) is 17.2 Å². The second kappa shape index (κ2) is 21.0. The maximum absolute atomic E-state index is 10.4. The first-order valence-electron chi connectivity index (χ1n) is 11.7. The molecule has 1 aromatic carbocycles. The maximum Gasteiger partial charge on any atom is 1.00 e. The molecule has 8 nitrogen and oxygen atoms in total. The van der Waals surface area contributed by atoms with Crippen molar-refractivity contribution in [3.63, 3.8) is 0 Å². The van der Waals surface area contributed by atoms with E-state index in [0.29, 0.717) is 0 Å². The third-order valence-electron chi connectivity index (χ3n) is 5.25. The Morgan fingerprint density at radius 1 is 0.706 bits per heavy atom. The third kappa shape index (κ3) is 23.6. The summed E-state index contributed by atoms with van der Waals surface area (Å²) in [7, 11) is -9.21. The van der Waals surface area contributed by atoms with E-state index in [9.17, 15) is 13.0 Å². The van der Waals surface area contributed by atoms with Crippen molar-refractivity contribution in [3.05, 3.63) is 29.8 Å². The Morgan fingerprint density at radius 3 is 1.18 bits per heavy atom. The van der Waals surface area contributed by atoms with E-state index in [1.807, 2.05) is 6.92 Å². The van der Waals surface area contributed by atoms with Crippen LogP contribution >= 0.6 is 0 Å². The maximum atomic E-state index is 10.4. The van der Waals surface area contributed by atoms with E-state index >= 15 is 0 Å². The molecule has 11 heteroatoms. The molecule has 0 aliphatic heterocycles. The number of quaternary nitrogens is 1. The van der Waals surface area contributed by atoms with Gasteiger partial charge in [0.15, 0.2) is 0 Å². The zero-order valence-corrected chi connectivity index (χ0v) is 23.5. The second-order valence-corrected chi connectivity index (χ2v) is 10.4. The summed E-state index contributed by atoms with van der Waals surface area (Å²) in [6.07, 6.45) is 11.1. The molecule has 1 rings (SSSR count). The zero-order valence-electron chi connectivity index (χ0n) is 21.9. The molecule has 0 bridgehead atoms. The van der Waals surface area contributed by atoms with E-state index in [0.717, 1.165) is 5.56 Å². The van der Waals surface area contributed by atoms with Crippen molar-refractivity contribution < 1.29 is 65.2 Å². The van der Waals surface area contributed by atoms with Crippen LogP contribution in [0.1, 0.15) is 84.6 Å². The van der Waals surface area contributed by atoms with Crippen molar-refractivity contribution in [2.45, 2.75) is 90.9 Å². The fraction of sp³-hybridized carbons (Fsp3) is 0.739. The van der Waals surface area contributed by atoms with Gasteiger partial charge < -0.3 is 9.04 Å². The Balaban J connectivity index is -0.000000483. The first kappa shape index (κ1) is 38.3. The van der Waals surface area contributed by atoms with Crippen molar-refractivity contribution in [3.8, 4) is 0 Å². The minimum absolute atomic E-state index is 0. The molecule has 0 unspecified atom stereocenters. The Kier molecular flexibility index (Phi) is 23.6. The van der Waals surface area contributed by atoms with Gasteiger partial charge in [-0.25, -0.2) is 27.1 Å². The quantitative estimate of drug-likeness (QED) is 0.169. The van der Waals surface area contributed by atoms with Gasteiger partial charge in [0.2, 0.25) is 0 Å². The Bertz CT molecular complexity index is 655. The van der Waals surface area contributed by atoms with Crippen molar-refractivity contribution in [2.24, 2.45) is 0 Å². The summed E-state index contributed by atoms with van der Waals surface area (Å²) < 4.78 is 66.6. The first-order valence-corrected chi connectivity index (χ1v) is 14.4. The number of halogens is 1. The molecule has 0 heterocycles. The standard InChI is InChI=1S/C16H36N.C7H8O3S.ClHO4.Li/c1-5-9-13-17(14-10-6-2,15-11-7-3)16-12-8-4;1-6-2-4-7(5-3-6)11(8,9)10;2-1(3,4)5;/h5-16H2,1-4H3;2-5H,1H3,(H,8,9,10);(H,2,3,4,5);/q+1;;;+1/p-2. The first-order chi connectivity index (χ1) is 15.2. The van der Waals surface area contributed by atoms with Gasteiger partial charge in [0.25, 0.3) is 0 Å². The smallest absolute Gasteiger partial charge is 0.744 e. The molecule has 0 aliphatic carbocycles. The topological polar surface area (TPSA) is 149 Å². The minimum atomic E-state index is -4.94. The number of aryl methyl sites for hydroxylation is 1. The summed E-state index contributed by atoms with van der Waals surface area (Å²) >= 11 is 0. The van der Waals surface area contributed by atoms with Crippen LogP contribution in [0.2, 0.25) is 0 Å². The second-order valence-electron chi connectivity index (χ2n) is 8.30. The van der Waals surface area contributed by atoms with Crippen molar-refractivity contribution >= 4 is 10.1 Å². The molecule has 0 radical (unpaired) electrons. The number of hydrogen-bond acceptors (Lipinski definition) is 7. The summed E-state index contributed by atoms with van der Waals surface area (Å²) in [6.45, 7) is 16.8.